The lowest BCUT2D eigenvalue weighted by atomic mass is 9.96. The molecule has 0 aromatic heterocycles. The predicted octanol–water partition coefficient (Wildman–Crippen LogP) is 1.86. The molecule has 0 unspecified atom stereocenters. The number of allylic oxidation sites excluding steroid dienone is 1. The minimum atomic E-state index is -0.636. The number of aliphatic imine (C=N–C) groups is 1. The molecule has 0 saturated carbocycles. The summed E-state index contributed by atoms with van der Waals surface area (Å²) in [5.41, 5.74) is 1.58. The van der Waals surface area contributed by atoms with Gasteiger partial charge in [0.05, 0.1) is 12.7 Å². The Hall–Kier alpha value is -2.52. The van der Waals surface area contributed by atoms with Crippen LogP contribution in [0.5, 0.6) is 0 Å². The van der Waals surface area contributed by atoms with Crippen molar-refractivity contribution >= 4 is 23.5 Å². The molecule has 0 aliphatic carbocycles. The average Bonchev–Trinajstić information content (AvgIpc) is 2.47. The minimum absolute atomic E-state index is 0.257. The van der Waals surface area contributed by atoms with Crippen molar-refractivity contribution in [2.45, 2.75) is 13.0 Å². The Morgan fingerprint density at radius 2 is 2.24 bits per heavy atom. The fraction of sp³-hybridized carbons (Fsp3) is 0.214. The summed E-state index contributed by atoms with van der Waals surface area (Å²) >= 11 is 6.19. The Morgan fingerprint density at radius 1 is 1.52 bits per heavy atom. The van der Waals surface area contributed by atoms with Crippen LogP contribution in [0.3, 0.4) is 0 Å². The Kier molecular flexibility index (Phi) is 4.45. The average molecular weight is 305 g/mol. The number of hydrogen-bond donors (Lipinski definition) is 2. The number of hydrogen-bond acceptors (Lipinski definition) is 6. The lowest BCUT2D eigenvalue weighted by Gasteiger charge is -2.25. The summed E-state index contributed by atoms with van der Waals surface area (Å²) in [4.78, 5) is 16.4. The van der Waals surface area contributed by atoms with Crippen molar-refractivity contribution in [3.8, 4) is 6.19 Å². The lowest BCUT2D eigenvalue weighted by Crippen LogP contribution is -2.39. The number of nitriles is 1. The number of methoxy groups -OCH3 is 1. The van der Waals surface area contributed by atoms with Crippen LogP contribution in [0.4, 0.5) is 0 Å². The van der Waals surface area contributed by atoms with E-state index in [1.807, 2.05) is 0 Å². The molecule has 1 aromatic rings. The monoisotopic (exact) mass is 304 g/mol. The van der Waals surface area contributed by atoms with Gasteiger partial charge in [-0.05, 0) is 13.0 Å². The van der Waals surface area contributed by atoms with Gasteiger partial charge in [-0.3, -0.25) is 5.32 Å². The zero-order valence-electron chi connectivity index (χ0n) is 11.5. The van der Waals surface area contributed by atoms with E-state index in [0.717, 1.165) is 0 Å². The van der Waals surface area contributed by atoms with Crippen LogP contribution in [-0.2, 0) is 9.53 Å². The Bertz CT molecular complexity index is 676. The molecular formula is C14H13ClN4O2. The van der Waals surface area contributed by atoms with Gasteiger partial charge in [-0.1, -0.05) is 29.8 Å². The summed E-state index contributed by atoms with van der Waals surface area (Å²) in [5.74, 6) is -0.239. The highest BCUT2D eigenvalue weighted by Gasteiger charge is 2.31. The molecular weight excluding hydrogens is 292 g/mol. The van der Waals surface area contributed by atoms with E-state index in [2.05, 4.69) is 15.6 Å². The second kappa shape index (κ2) is 6.29. The van der Waals surface area contributed by atoms with Crippen LogP contribution in [0.2, 0.25) is 5.02 Å². The van der Waals surface area contributed by atoms with Crippen LogP contribution < -0.4 is 10.6 Å². The fourth-order valence-electron chi connectivity index (χ4n) is 2.09. The van der Waals surface area contributed by atoms with Gasteiger partial charge in [0.15, 0.2) is 6.19 Å². The smallest absolute Gasteiger partial charge is 0.338 e. The number of nitrogens with zero attached hydrogens (tertiary/aromatic N) is 2. The third kappa shape index (κ3) is 2.98. The van der Waals surface area contributed by atoms with E-state index in [1.165, 1.54) is 7.11 Å². The van der Waals surface area contributed by atoms with Gasteiger partial charge in [-0.2, -0.15) is 5.26 Å². The van der Waals surface area contributed by atoms with Gasteiger partial charge in [0.25, 0.3) is 0 Å². The van der Waals surface area contributed by atoms with E-state index in [4.69, 9.17) is 21.6 Å². The highest BCUT2D eigenvalue weighted by Crippen LogP contribution is 2.34. The van der Waals surface area contributed by atoms with Crippen molar-refractivity contribution < 1.29 is 9.53 Å². The highest BCUT2D eigenvalue weighted by molar-refractivity contribution is 6.31. The van der Waals surface area contributed by atoms with E-state index in [0.29, 0.717) is 21.9 Å². The van der Waals surface area contributed by atoms with E-state index >= 15 is 0 Å². The number of nitrogens with one attached hydrogen (secondary N) is 2. The van der Waals surface area contributed by atoms with Gasteiger partial charge in [-0.25, -0.2) is 9.79 Å². The van der Waals surface area contributed by atoms with Gasteiger partial charge < -0.3 is 10.1 Å². The number of rotatable bonds is 2. The summed E-state index contributed by atoms with van der Waals surface area (Å²) in [5, 5.41) is 14.5. The molecule has 108 valence electrons. The Labute approximate surface area is 127 Å². The number of halogens is 1. The van der Waals surface area contributed by atoms with Crippen molar-refractivity contribution in [1.82, 2.24) is 10.6 Å². The topological polar surface area (TPSA) is 86.5 Å². The van der Waals surface area contributed by atoms with E-state index in [9.17, 15) is 4.79 Å². The maximum atomic E-state index is 12.0. The number of esters is 1. The highest BCUT2D eigenvalue weighted by atomic mass is 35.5. The molecule has 0 saturated heterocycles. The number of benzene rings is 1. The largest absolute Gasteiger partial charge is 0.466 e. The van der Waals surface area contributed by atoms with Crippen LogP contribution in [0.1, 0.15) is 18.5 Å². The predicted molar refractivity (Wildman–Crippen MR) is 78.2 cm³/mol. The van der Waals surface area contributed by atoms with E-state index in [1.54, 1.807) is 37.4 Å². The molecule has 1 aliphatic rings. The summed E-state index contributed by atoms with van der Waals surface area (Å²) in [6.07, 6.45) is 1.79. The molecule has 21 heavy (non-hydrogen) atoms. The molecule has 1 atom stereocenters. The van der Waals surface area contributed by atoms with Crippen molar-refractivity contribution in [3.05, 3.63) is 46.1 Å². The second-order valence-corrected chi connectivity index (χ2v) is 4.70. The summed E-state index contributed by atoms with van der Waals surface area (Å²) in [6.45, 7) is 1.71. The maximum absolute atomic E-state index is 12.0. The normalized spacial score (nSPS) is 17.4. The standard InChI is InChI=1S/C14H13ClN4O2/c1-8-11(13(20)21-2)12(19-14(18-8)17-7-16)9-5-3-4-6-10(9)15/h3-6,12H,1-2H3,(H2,17,18,19)/t12-/m0/s1. The first-order chi connectivity index (χ1) is 10.1. The van der Waals surface area contributed by atoms with Crippen LogP contribution in [0.25, 0.3) is 0 Å². The molecule has 0 amide bonds. The molecule has 0 radical (unpaired) electrons. The third-order valence-corrected chi connectivity index (χ3v) is 3.37. The zero-order valence-corrected chi connectivity index (χ0v) is 12.2. The second-order valence-electron chi connectivity index (χ2n) is 4.29. The molecule has 0 fully saturated rings. The molecule has 6 nitrogen and oxygen atoms in total. The summed E-state index contributed by atoms with van der Waals surface area (Å²) in [7, 11) is 1.30. The number of carbonyl (C=O) groups is 1. The molecule has 1 aromatic carbocycles. The van der Waals surface area contributed by atoms with Gasteiger partial charge in [0.1, 0.15) is 6.04 Å². The molecule has 0 spiro atoms. The molecule has 0 bridgehead atoms. The zero-order chi connectivity index (χ0) is 15.4. The Balaban J connectivity index is 2.54. The van der Waals surface area contributed by atoms with Gasteiger partial charge in [0, 0.05) is 16.3 Å². The first-order valence-electron chi connectivity index (χ1n) is 6.12. The molecule has 1 aliphatic heterocycles. The Morgan fingerprint density at radius 3 is 2.86 bits per heavy atom. The SMILES string of the molecule is COC(=O)C1=C(C)NC(NC#N)=N[C@H]1c1ccccc1Cl. The quantitative estimate of drug-likeness (QED) is 0.495. The van der Waals surface area contributed by atoms with Crippen molar-refractivity contribution in [2.24, 2.45) is 4.99 Å². The van der Waals surface area contributed by atoms with Crippen LogP contribution in [-0.4, -0.2) is 19.0 Å². The number of guanidine groups is 1. The van der Waals surface area contributed by atoms with E-state index in [-0.39, 0.29) is 5.96 Å². The molecule has 1 heterocycles. The van der Waals surface area contributed by atoms with Crippen LogP contribution in [0, 0.1) is 11.5 Å². The molecule has 2 rings (SSSR count). The van der Waals surface area contributed by atoms with Crippen LogP contribution in [0.15, 0.2) is 40.5 Å². The first kappa shape index (κ1) is 14.9. The van der Waals surface area contributed by atoms with Gasteiger partial charge >= 0.3 is 5.97 Å². The molecule has 7 heteroatoms. The van der Waals surface area contributed by atoms with Crippen LogP contribution >= 0.6 is 11.6 Å². The third-order valence-electron chi connectivity index (χ3n) is 3.02. The van der Waals surface area contributed by atoms with Gasteiger partial charge in [0.2, 0.25) is 5.96 Å². The minimum Gasteiger partial charge on any atom is -0.466 e. The van der Waals surface area contributed by atoms with Crippen molar-refractivity contribution in [1.29, 1.82) is 5.26 Å². The first-order valence-corrected chi connectivity index (χ1v) is 6.49. The number of carbonyl (C=O) groups excluding carboxylic acids is 1. The molecule has 2 N–H and O–H groups in total. The van der Waals surface area contributed by atoms with Gasteiger partial charge in [-0.15, -0.1) is 0 Å². The fourth-order valence-corrected chi connectivity index (χ4v) is 2.33. The maximum Gasteiger partial charge on any atom is 0.338 e. The number of ether oxygens (including phenoxy) is 1. The van der Waals surface area contributed by atoms with Crippen molar-refractivity contribution in [2.75, 3.05) is 7.11 Å². The van der Waals surface area contributed by atoms with Crippen molar-refractivity contribution in [3.63, 3.8) is 0 Å². The summed E-state index contributed by atoms with van der Waals surface area (Å²) in [6, 6.07) is 6.46. The lowest BCUT2D eigenvalue weighted by molar-refractivity contribution is -0.136. The summed E-state index contributed by atoms with van der Waals surface area (Å²) < 4.78 is 4.81. The van der Waals surface area contributed by atoms with E-state index < -0.39 is 12.0 Å².